The van der Waals surface area contributed by atoms with Gasteiger partial charge in [-0.25, -0.2) is 9.37 Å². The highest BCUT2D eigenvalue weighted by Gasteiger charge is 2.38. The summed E-state index contributed by atoms with van der Waals surface area (Å²) in [6, 6.07) is 10.5. The molecule has 0 atom stereocenters. The predicted octanol–water partition coefficient (Wildman–Crippen LogP) is 5.24. The van der Waals surface area contributed by atoms with Crippen LogP contribution in [0.4, 0.5) is 22.7 Å². The van der Waals surface area contributed by atoms with Gasteiger partial charge in [-0.15, -0.1) is 11.8 Å². The lowest BCUT2D eigenvalue weighted by atomic mass is 10.2. The van der Waals surface area contributed by atoms with Crippen LogP contribution >= 0.6 is 23.1 Å². The fraction of sp³-hybridized carbons (Fsp3) is 0.118. The molecule has 0 aliphatic carbocycles. The van der Waals surface area contributed by atoms with E-state index in [0.29, 0.717) is 11.3 Å². The molecule has 0 radical (unpaired) electrons. The average Bonchev–Trinajstić information content (AvgIpc) is 3.05. The number of thioether (sulfide) groups is 1. The Morgan fingerprint density at radius 2 is 1.89 bits per heavy atom. The van der Waals surface area contributed by atoms with Crippen LogP contribution in [0, 0.1) is 5.82 Å². The summed E-state index contributed by atoms with van der Waals surface area (Å²) in [6.07, 6.45) is -3.30. The highest BCUT2D eigenvalue weighted by molar-refractivity contribution is 8.00. The average molecular weight is 413 g/mol. The van der Waals surface area contributed by atoms with Crippen molar-refractivity contribution in [1.29, 1.82) is 0 Å². The van der Waals surface area contributed by atoms with E-state index in [-0.39, 0.29) is 26.4 Å². The van der Waals surface area contributed by atoms with E-state index in [1.54, 1.807) is 18.2 Å². The molecule has 0 spiro atoms. The minimum Gasteiger partial charge on any atom is -0.296 e. The number of pyridine rings is 1. The highest BCUT2D eigenvalue weighted by Crippen LogP contribution is 2.42. The molecule has 3 aromatic rings. The van der Waals surface area contributed by atoms with E-state index in [9.17, 15) is 22.4 Å². The molecule has 140 valence electrons. The monoisotopic (exact) mass is 413 g/mol. The topological polar surface area (TPSA) is 54.9 Å². The molecular weight excluding hydrogens is 402 g/mol. The van der Waals surface area contributed by atoms with Crippen molar-refractivity contribution < 1.29 is 22.4 Å². The molecule has 1 amide bonds. The number of benzene rings is 1. The highest BCUT2D eigenvalue weighted by atomic mass is 32.2. The third-order valence-corrected chi connectivity index (χ3v) is 5.58. The van der Waals surface area contributed by atoms with E-state index >= 15 is 0 Å². The first-order chi connectivity index (χ1) is 12.8. The predicted molar refractivity (Wildman–Crippen MR) is 95.3 cm³/mol. The van der Waals surface area contributed by atoms with Crippen LogP contribution in [0.2, 0.25) is 0 Å². The molecule has 4 nitrogen and oxygen atoms in total. The molecule has 3 rings (SSSR count). The molecule has 2 heterocycles. The zero-order valence-corrected chi connectivity index (χ0v) is 15.1. The summed E-state index contributed by atoms with van der Waals surface area (Å²) in [7, 11) is 0. The van der Waals surface area contributed by atoms with Gasteiger partial charge in [0.15, 0.2) is 10.8 Å². The summed E-state index contributed by atoms with van der Waals surface area (Å²) in [6.45, 7) is 0. The number of nitrogens with one attached hydrogen (secondary N) is 1. The summed E-state index contributed by atoms with van der Waals surface area (Å²) >= 11 is 1.50. The van der Waals surface area contributed by atoms with Crippen LogP contribution in [-0.2, 0) is 11.9 Å². The van der Waals surface area contributed by atoms with Crippen LogP contribution in [0.15, 0.2) is 52.9 Å². The number of carbonyl (C=O) groups is 1. The molecule has 0 unspecified atom stereocenters. The van der Waals surface area contributed by atoms with E-state index in [4.69, 9.17) is 0 Å². The first kappa shape index (κ1) is 19.3. The van der Waals surface area contributed by atoms with Gasteiger partial charge in [0.1, 0.15) is 11.5 Å². The Morgan fingerprint density at radius 3 is 2.56 bits per heavy atom. The first-order valence-corrected chi connectivity index (χ1v) is 9.31. The van der Waals surface area contributed by atoms with E-state index in [1.807, 2.05) is 0 Å². The van der Waals surface area contributed by atoms with Crippen molar-refractivity contribution >= 4 is 34.1 Å². The number of carbonyl (C=O) groups excluding carboxylic acids is 1. The maximum Gasteiger partial charge on any atom is 0.435 e. The van der Waals surface area contributed by atoms with Crippen LogP contribution in [0.1, 0.15) is 21.7 Å². The molecule has 2 aromatic heterocycles. The lowest BCUT2D eigenvalue weighted by Gasteiger charge is -2.06. The molecule has 0 bridgehead atoms. The second-order valence-electron chi connectivity index (χ2n) is 5.20. The second-order valence-corrected chi connectivity index (χ2v) is 7.45. The summed E-state index contributed by atoms with van der Waals surface area (Å²) in [5, 5.41) is 2.12. The molecule has 0 saturated heterocycles. The van der Waals surface area contributed by atoms with Crippen molar-refractivity contribution in [3.63, 3.8) is 0 Å². The van der Waals surface area contributed by atoms with Gasteiger partial charge in [-0.2, -0.15) is 13.2 Å². The minimum atomic E-state index is -4.69. The molecule has 27 heavy (non-hydrogen) atoms. The van der Waals surface area contributed by atoms with E-state index in [0.717, 1.165) is 11.8 Å². The van der Waals surface area contributed by atoms with Crippen molar-refractivity contribution in [2.45, 2.75) is 16.1 Å². The summed E-state index contributed by atoms with van der Waals surface area (Å²) in [5.41, 5.74) is -0.768. The molecule has 0 saturated carbocycles. The fourth-order valence-electron chi connectivity index (χ4n) is 2.05. The number of hydrogen-bond donors (Lipinski definition) is 1. The van der Waals surface area contributed by atoms with Crippen molar-refractivity contribution in [3.05, 3.63) is 71.4 Å². The molecule has 1 aromatic carbocycles. The molecular formula is C17H11F4N3OS2. The van der Waals surface area contributed by atoms with Crippen LogP contribution in [0.5, 0.6) is 0 Å². The Kier molecular flexibility index (Phi) is 5.76. The fourth-order valence-corrected chi connectivity index (χ4v) is 4.24. The van der Waals surface area contributed by atoms with Crippen molar-refractivity contribution in [2.24, 2.45) is 0 Å². The normalized spacial score (nSPS) is 11.4. The van der Waals surface area contributed by atoms with Crippen molar-refractivity contribution in [3.8, 4) is 0 Å². The third-order valence-electron chi connectivity index (χ3n) is 3.30. The van der Waals surface area contributed by atoms with Gasteiger partial charge in [0.05, 0.1) is 4.21 Å². The van der Waals surface area contributed by atoms with Crippen molar-refractivity contribution in [1.82, 2.24) is 9.97 Å². The number of nitrogens with zero attached hydrogens (tertiary/aromatic N) is 2. The number of aromatic nitrogens is 2. The second kappa shape index (κ2) is 8.05. The third kappa shape index (κ3) is 4.83. The van der Waals surface area contributed by atoms with Gasteiger partial charge in [0.2, 0.25) is 0 Å². The Bertz CT molecular complexity index is 945. The molecule has 0 fully saturated rings. The Balaban J connectivity index is 1.81. The lowest BCUT2D eigenvalue weighted by molar-refractivity contribution is -0.142. The smallest absolute Gasteiger partial charge is 0.296 e. The number of amides is 1. The van der Waals surface area contributed by atoms with Gasteiger partial charge in [0, 0.05) is 11.9 Å². The Labute approximate surface area is 159 Å². The van der Waals surface area contributed by atoms with E-state index in [1.165, 1.54) is 30.5 Å². The van der Waals surface area contributed by atoms with E-state index in [2.05, 4.69) is 15.3 Å². The standard InChI is InChI=1S/C17H11F4N3OS2/c18-11-6-2-1-5-10(11)9-26-15-13(17(19,20)21)23-16(27-15)24-14(25)12-7-3-4-8-22-12/h1-8H,9H2,(H,23,24,25). The van der Waals surface area contributed by atoms with Gasteiger partial charge in [-0.1, -0.05) is 35.6 Å². The maximum absolute atomic E-state index is 13.7. The number of alkyl halides is 3. The number of rotatable bonds is 5. The van der Waals surface area contributed by atoms with Gasteiger partial charge in [-0.05, 0) is 23.8 Å². The molecule has 0 aliphatic rings. The van der Waals surface area contributed by atoms with Gasteiger partial charge in [-0.3, -0.25) is 15.1 Å². The summed E-state index contributed by atoms with van der Waals surface area (Å²) < 4.78 is 53.3. The van der Waals surface area contributed by atoms with Crippen LogP contribution < -0.4 is 5.32 Å². The van der Waals surface area contributed by atoms with Gasteiger partial charge < -0.3 is 0 Å². The largest absolute Gasteiger partial charge is 0.435 e. The maximum atomic E-state index is 13.7. The van der Waals surface area contributed by atoms with Gasteiger partial charge in [0.25, 0.3) is 5.91 Å². The van der Waals surface area contributed by atoms with Crippen LogP contribution in [0.3, 0.4) is 0 Å². The number of anilines is 1. The number of thiazole rings is 1. The minimum absolute atomic E-state index is 0.00553. The lowest BCUT2D eigenvalue weighted by Crippen LogP contribution is -2.14. The van der Waals surface area contributed by atoms with Crippen molar-refractivity contribution in [2.75, 3.05) is 5.32 Å². The summed E-state index contributed by atoms with van der Waals surface area (Å²) in [4.78, 5) is 19.4. The Morgan fingerprint density at radius 1 is 1.15 bits per heavy atom. The molecule has 0 aliphatic heterocycles. The quantitative estimate of drug-likeness (QED) is 0.459. The Hall–Kier alpha value is -2.46. The zero-order valence-electron chi connectivity index (χ0n) is 13.5. The molecule has 1 N–H and O–H groups in total. The summed E-state index contributed by atoms with van der Waals surface area (Å²) in [5.74, 6) is -1.15. The zero-order chi connectivity index (χ0) is 19.4. The van der Waals surface area contributed by atoms with E-state index < -0.39 is 23.6 Å². The van der Waals surface area contributed by atoms with Crippen LogP contribution in [0.25, 0.3) is 0 Å². The van der Waals surface area contributed by atoms with Crippen LogP contribution in [-0.4, -0.2) is 15.9 Å². The SMILES string of the molecule is O=C(Nc1nc(C(F)(F)F)c(SCc2ccccc2F)s1)c1ccccn1. The first-order valence-electron chi connectivity index (χ1n) is 7.51. The number of hydrogen-bond acceptors (Lipinski definition) is 5. The number of halogens is 4. The van der Waals surface area contributed by atoms with Gasteiger partial charge >= 0.3 is 6.18 Å². The molecule has 10 heteroatoms.